The topological polar surface area (TPSA) is 43.7 Å². The van der Waals surface area contributed by atoms with E-state index < -0.39 is 5.79 Å². The summed E-state index contributed by atoms with van der Waals surface area (Å²) < 4.78 is 14.4. The van der Waals surface area contributed by atoms with E-state index in [1.807, 2.05) is 19.2 Å². The zero-order chi connectivity index (χ0) is 19.1. The number of pyridine rings is 1. The van der Waals surface area contributed by atoms with Crippen molar-refractivity contribution in [1.29, 1.82) is 0 Å². The van der Waals surface area contributed by atoms with Gasteiger partial charge in [0.05, 0.1) is 6.61 Å². The highest BCUT2D eigenvalue weighted by Crippen LogP contribution is 2.40. The fourth-order valence-corrected chi connectivity index (χ4v) is 4.59. The summed E-state index contributed by atoms with van der Waals surface area (Å²) in [4.78, 5) is 14.5. The number of aromatic nitrogens is 1. The third kappa shape index (κ3) is 3.16. The summed E-state index contributed by atoms with van der Waals surface area (Å²) in [6.07, 6.45) is 7.88. The molecule has 0 unspecified atom stereocenters. The Morgan fingerprint density at radius 1 is 1.11 bits per heavy atom. The van der Waals surface area contributed by atoms with Gasteiger partial charge in [0.15, 0.2) is 0 Å². The zero-order valence-electron chi connectivity index (χ0n) is 16.5. The van der Waals surface area contributed by atoms with Crippen molar-refractivity contribution < 1.29 is 9.47 Å². The van der Waals surface area contributed by atoms with Gasteiger partial charge in [-0.2, -0.15) is 0 Å². The molecule has 28 heavy (non-hydrogen) atoms. The summed E-state index contributed by atoms with van der Waals surface area (Å²) in [5.74, 6) is 0.486. The van der Waals surface area contributed by atoms with Gasteiger partial charge in [-0.15, -0.1) is 0 Å². The van der Waals surface area contributed by atoms with E-state index in [1.54, 1.807) is 10.6 Å². The van der Waals surface area contributed by atoms with Crippen LogP contribution in [0.3, 0.4) is 0 Å². The van der Waals surface area contributed by atoms with E-state index in [0.29, 0.717) is 13.2 Å². The average Bonchev–Trinajstić information content (AvgIpc) is 2.68. The predicted molar refractivity (Wildman–Crippen MR) is 108 cm³/mol. The van der Waals surface area contributed by atoms with E-state index >= 15 is 0 Å². The maximum Gasteiger partial charge on any atom is 0.250 e. The molecular weight excluding hydrogens is 352 g/mol. The fourth-order valence-electron chi connectivity index (χ4n) is 4.59. The standard InChI is InChI=1S/C23H28N2O3/c1-2-24-15-18(7-9-22(24)26)17-6-8-21-19(14-17)16-27-23(28-21)10-12-25(13-11-23)20-4-3-5-20/h6-9,14-15,20H,2-5,10-13,16H2,1H3. The molecule has 5 nitrogen and oxygen atoms in total. The molecule has 0 radical (unpaired) electrons. The Morgan fingerprint density at radius 3 is 2.61 bits per heavy atom. The Bertz CT molecular complexity index is 924. The van der Waals surface area contributed by atoms with Gasteiger partial charge in [-0.3, -0.25) is 9.69 Å². The molecule has 1 aromatic carbocycles. The first-order chi connectivity index (χ1) is 13.7. The lowest BCUT2D eigenvalue weighted by Crippen LogP contribution is -2.54. The number of aryl methyl sites for hydroxylation is 1. The number of hydrogen-bond donors (Lipinski definition) is 0. The minimum absolute atomic E-state index is 0.0334. The van der Waals surface area contributed by atoms with Crippen LogP contribution < -0.4 is 10.3 Å². The van der Waals surface area contributed by atoms with E-state index in [1.165, 1.54) is 19.3 Å². The van der Waals surface area contributed by atoms with E-state index in [4.69, 9.17) is 9.47 Å². The molecule has 2 aliphatic heterocycles. The van der Waals surface area contributed by atoms with Crippen LogP contribution in [0.2, 0.25) is 0 Å². The highest BCUT2D eigenvalue weighted by Gasteiger charge is 2.42. The average molecular weight is 380 g/mol. The first kappa shape index (κ1) is 18.0. The van der Waals surface area contributed by atoms with Gasteiger partial charge >= 0.3 is 0 Å². The van der Waals surface area contributed by atoms with Crippen LogP contribution in [0.25, 0.3) is 11.1 Å². The maximum atomic E-state index is 11.8. The monoisotopic (exact) mass is 380 g/mol. The highest BCUT2D eigenvalue weighted by molar-refractivity contribution is 5.65. The molecule has 5 rings (SSSR count). The van der Waals surface area contributed by atoms with Crippen molar-refractivity contribution in [3.8, 4) is 16.9 Å². The summed E-state index contributed by atoms with van der Waals surface area (Å²) in [7, 11) is 0. The molecule has 1 aromatic heterocycles. The molecule has 0 atom stereocenters. The highest BCUT2D eigenvalue weighted by atomic mass is 16.7. The predicted octanol–water partition coefficient (Wildman–Crippen LogP) is 3.79. The Morgan fingerprint density at radius 2 is 1.89 bits per heavy atom. The molecule has 1 spiro atoms. The minimum atomic E-state index is -0.454. The lowest BCUT2D eigenvalue weighted by atomic mass is 9.89. The van der Waals surface area contributed by atoms with Gasteiger partial charge in [0.1, 0.15) is 5.75 Å². The Hall–Kier alpha value is -2.11. The van der Waals surface area contributed by atoms with Crippen LogP contribution in [0.5, 0.6) is 5.75 Å². The first-order valence-corrected chi connectivity index (χ1v) is 10.6. The van der Waals surface area contributed by atoms with E-state index in [2.05, 4.69) is 23.1 Å². The van der Waals surface area contributed by atoms with Crippen molar-refractivity contribution in [1.82, 2.24) is 9.47 Å². The van der Waals surface area contributed by atoms with Crippen molar-refractivity contribution in [2.24, 2.45) is 0 Å². The largest absolute Gasteiger partial charge is 0.462 e. The van der Waals surface area contributed by atoms with Crippen molar-refractivity contribution in [3.63, 3.8) is 0 Å². The summed E-state index contributed by atoms with van der Waals surface area (Å²) in [5, 5.41) is 0. The van der Waals surface area contributed by atoms with Gasteiger partial charge in [-0.1, -0.05) is 12.5 Å². The van der Waals surface area contributed by atoms with E-state index in [0.717, 1.165) is 54.4 Å². The number of fused-ring (bicyclic) bond motifs is 1. The molecule has 0 amide bonds. The molecule has 1 aliphatic carbocycles. The van der Waals surface area contributed by atoms with Crippen molar-refractivity contribution in [2.75, 3.05) is 13.1 Å². The number of nitrogens with zero attached hydrogens (tertiary/aromatic N) is 2. The minimum Gasteiger partial charge on any atom is -0.462 e. The molecule has 5 heteroatoms. The second-order valence-electron chi connectivity index (χ2n) is 8.29. The molecular formula is C23H28N2O3. The van der Waals surface area contributed by atoms with Crippen LogP contribution in [0.1, 0.15) is 44.6 Å². The molecule has 0 bridgehead atoms. The Labute approximate surface area is 165 Å². The second kappa shape index (κ2) is 7.05. The van der Waals surface area contributed by atoms with Crippen molar-refractivity contribution >= 4 is 0 Å². The third-order valence-electron chi connectivity index (χ3n) is 6.66. The van der Waals surface area contributed by atoms with E-state index in [-0.39, 0.29) is 5.56 Å². The van der Waals surface area contributed by atoms with Crippen LogP contribution in [0.15, 0.2) is 41.3 Å². The molecule has 1 saturated heterocycles. The number of likely N-dealkylation sites (tertiary alicyclic amines) is 1. The van der Waals surface area contributed by atoms with Crippen LogP contribution in [0, 0.1) is 0 Å². The lowest BCUT2D eigenvalue weighted by molar-refractivity contribution is -0.231. The van der Waals surface area contributed by atoms with Crippen LogP contribution in [-0.2, 0) is 17.9 Å². The SMILES string of the molecule is CCn1cc(-c2ccc3c(c2)COC2(CCN(C4CCC4)CC2)O3)ccc1=O. The van der Waals surface area contributed by atoms with Gasteiger partial charge in [-0.05, 0) is 49.1 Å². The van der Waals surface area contributed by atoms with Crippen molar-refractivity contribution in [3.05, 3.63) is 52.4 Å². The number of rotatable bonds is 3. The molecule has 3 aliphatic rings. The number of hydrogen-bond acceptors (Lipinski definition) is 4. The fraction of sp³-hybridized carbons (Fsp3) is 0.522. The second-order valence-corrected chi connectivity index (χ2v) is 8.29. The summed E-state index contributed by atoms with van der Waals surface area (Å²) in [6.45, 7) is 5.37. The van der Waals surface area contributed by atoms with Gasteiger partial charge < -0.3 is 14.0 Å². The number of benzene rings is 1. The number of ether oxygens (including phenoxy) is 2. The summed E-state index contributed by atoms with van der Waals surface area (Å²) in [6, 6.07) is 10.6. The first-order valence-electron chi connectivity index (χ1n) is 10.6. The molecule has 0 N–H and O–H groups in total. The quantitative estimate of drug-likeness (QED) is 0.813. The third-order valence-corrected chi connectivity index (χ3v) is 6.66. The van der Waals surface area contributed by atoms with Crippen LogP contribution in [-0.4, -0.2) is 34.4 Å². The Kier molecular flexibility index (Phi) is 4.52. The van der Waals surface area contributed by atoms with Gasteiger partial charge in [0.2, 0.25) is 5.79 Å². The molecule has 1 saturated carbocycles. The zero-order valence-corrected chi connectivity index (χ0v) is 16.5. The summed E-state index contributed by atoms with van der Waals surface area (Å²) in [5.41, 5.74) is 3.24. The number of piperidine rings is 1. The normalized spacial score (nSPS) is 21.8. The molecule has 2 aromatic rings. The van der Waals surface area contributed by atoms with Crippen LogP contribution in [0.4, 0.5) is 0 Å². The van der Waals surface area contributed by atoms with Gasteiger partial charge in [0, 0.05) is 56.3 Å². The summed E-state index contributed by atoms with van der Waals surface area (Å²) >= 11 is 0. The smallest absolute Gasteiger partial charge is 0.250 e. The van der Waals surface area contributed by atoms with Crippen LogP contribution >= 0.6 is 0 Å². The van der Waals surface area contributed by atoms with Gasteiger partial charge in [-0.25, -0.2) is 0 Å². The van der Waals surface area contributed by atoms with Gasteiger partial charge in [0.25, 0.3) is 5.56 Å². The molecule has 3 heterocycles. The van der Waals surface area contributed by atoms with Crippen molar-refractivity contribution in [2.45, 2.75) is 64.0 Å². The van der Waals surface area contributed by atoms with E-state index in [9.17, 15) is 4.79 Å². The lowest BCUT2D eigenvalue weighted by Gasteiger charge is -2.47. The maximum absolute atomic E-state index is 11.8. The Balaban J connectivity index is 1.33. The molecule has 148 valence electrons. The molecule has 2 fully saturated rings.